The van der Waals surface area contributed by atoms with Crippen molar-refractivity contribution in [1.82, 2.24) is 9.47 Å². The molecule has 1 aromatic carbocycles. The monoisotopic (exact) mass is 244 g/mol. The smallest absolute Gasteiger partial charge is 0.251 e. The van der Waals surface area contributed by atoms with Crippen molar-refractivity contribution in [3.05, 3.63) is 36.0 Å². The SMILES string of the molecule is CN1C(=O)[C@@H](O)C[C@@H]1c1cn(C)c2ccccc12. The van der Waals surface area contributed by atoms with Crippen LogP contribution in [0, 0.1) is 0 Å². The van der Waals surface area contributed by atoms with Gasteiger partial charge in [-0.05, 0) is 6.07 Å². The van der Waals surface area contributed by atoms with Crippen molar-refractivity contribution < 1.29 is 9.90 Å². The first-order valence-electron chi connectivity index (χ1n) is 6.08. The zero-order chi connectivity index (χ0) is 12.9. The van der Waals surface area contributed by atoms with Gasteiger partial charge in [-0.2, -0.15) is 0 Å². The Bertz CT molecular complexity index is 617. The maximum absolute atomic E-state index is 11.7. The Morgan fingerprint density at radius 3 is 2.67 bits per heavy atom. The van der Waals surface area contributed by atoms with Crippen molar-refractivity contribution in [2.24, 2.45) is 7.05 Å². The van der Waals surface area contributed by atoms with Gasteiger partial charge in [0.1, 0.15) is 6.10 Å². The summed E-state index contributed by atoms with van der Waals surface area (Å²) in [5.74, 6) is -0.187. The molecular weight excluding hydrogens is 228 g/mol. The van der Waals surface area contributed by atoms with Crippen molar-refractivity contribution in [3.8, 4) is 0 Å². The molecule has 1 saturated heterocycles. The minimum Gasteiger partial charge on any atom is -0.383 e. The Morgan fingerprint density at radius 2 is 2.00 bits per heavy atom. The van der Waals surface area contributed by atoms with Crippen LogP contribution < -0.4 is 0 Å². The minimum atomic E-state index is -0.862. The Morgan fingerprint density at radius 1 is 1.28 bits per heavy atom. The molecule has 4 heteroatoms. The molecule has 0 radical (unpaired) electrons. The largest absolute Gasteiger partial charge is 0.383 e. The summed E-state index contributed by atoms with van der Waals surface area (Å²) in [6.07, 6.45) is 1.67. The molecule has 1 aromatic heterocycles. The lowest BCUT2D eigenvalue weighted by atomic mass is 10.0. The summed E-state index contributed by atoms with van der Waals surface area (Å²) in [5.41, 5.74) is 2.26. The molecule has 0 saturated carbocycles. The summed E-state index contributed by atoms with van der Waals surface area (Å²) < 4.78 is 2.06. The maximum Gasteiger partial charge on any atom is 0.251 e. The van der Waals surface area contributed by atoms with Crippen molar-refractivity contribution in [2.45, 2.75) is 18.6 Å². The van der Waals surface area contributed by atoms with Crippen molar-refractivity contribution >= 4 is 16.8 Å². The average Bonchev–Trinajstić information content (AvgIpc) is 2.83. The summed E-state index contributed by atoms with van der Waals surface area (Å²) in [4.78, 5) is 13.3. The molecule has 1 aliphatic rings. The van der Waals surface area contributed by atoms with E-state index in [0.717, 1.165) is 16.5 Å². The van der Waals surface area contributed by atoms with Gasteiger partial charge in [0.05, 0.1) is 6.04 Å². The number of aryl methyl sites for hydroxylation is 1. The molecule has 4 nitrogen and oxygen atoms in total. The Hall–Kier alpha value is -1.81. The van der Waals surface area contributed by atoms with E-state index in [4.69, 9.17) is 0 Å². The molecule has 2 heterocycles. The van der Waals surface area contributed by atoms with E-state index >= 15 is 0 Å². The number of para-hydroxylation sites is 1. The van der Waals surface area contributed by atoms with Crippen LogP contribution >= 0.6 is 0 Å². The molecule has 2 atom stereocenters. The molecule has 0 bridgehead atoms. The highest BCUT2D eigenvalue weighted by Gasteiger charge is 2.37. The highest BCUT2D eigenvalue weighted by Crippen LogP contribution is 2.36. The highest BCUT2D eigenvalue weighted by atomic mass is 16.3. The second-order valence-corrected chi connectivity index (χ2v) is 4.93. The Labute approximate surface area is 105 Å². The zero-order valence-corrected chi connectivity index (χ0v) is 10.5. The van der Waals surface area contributed by atoms with Gasteiger partial charge in [0, 0.05) is 43.2 Å². The molecule has 18 heavy (non-hydrogen) atoms. The van der Waals surface area contributed by atoms with Crippen LogP contribution in [0.25, 0.3) is 10.9 Å². The molecular formula is C14H16N2O2. The summed E-state index contributed by atoms with van der Waals surface area (Å²) in [6, 6.07) is 8.10. The van der Waals surface area contributed by atoms with E-state index in [0.29, 0.717) is 6.42 Å². The molecule has 0 spiro atoms. The number of hydrogen-bond donors (Lipinski definition) is 1. The van der Waals surface area contributed by atoms with Gasteiger partial charge in [0.15, 0.2) is 0 Å². The fourth-order valence-electron chi connectivity index (χ4n) is 2.83. The number of fused-ring (bicyclic) bond motifs is 1. The molecule has 1 amide bonds. The first-order valence-corrected chi connectivity index (χ1v) is 6.08. The standard InChI is InChI=1S/C14H16N2O2/c1-15-8-10(9-5-3-4-6-11(9)15)12-7-13(17)14(18)16(12)2/h3-6,8,12-13,17H,7H2,1-2H3/t12-,13+/m1/s1. The number of amides is 1. The second-order valence-electron chi connectivity index (χ2n) is 4.93. The summed E-state index contributed by atoms with van der Waals surface area (Å²) >= 11 is 0. The third kappa shape index (κ3) is 1.46. The predicted octanol–water partition coefficient (Wildman–Crippen LogP) is 1.44. The van der Waals surface area contributed by atoms with Crippen LogP contribution in [0.1, 0.15) is 18.0 Å². The van der Waals surface area contributed by atoms with E-state index in [1.807, 2.05) is 19.2 Å². The van der Waals surface area contributed by atoms with Gasteiger partial charge in [-0.25, -0.2) is 0 Å². The van der Waals surface area contributed by atoms with Crippen molar-refractivity contribution in [3.63, 3.8) is 0 Å². The number of hydrogen-bond acceptors (Lipinski definition) is 2. The molecule has 94 valence electrons. The van der Waals surface area contributed by atoms with E-state index in [-0.39, 0.29) is 11.9 Å². The van der Waals surface area contributed by atoms with E-state index in [1.54, 1.807) is 11.9 Å². The number of likely N-dealkylation sites (tertiary alicyclic amines) is 1. The first-order chi connectivity index (χ1) is 8.59. The average molecular weight is 244 g/mol. The molecule has 1 N–H and O–H groups in total. The van der Waals surface area contributed by atoms with Gasteiger partial charge in [0.2, 0.25) is 0 Å². The maximum atomic E-state index is 11.7. The fourth-order valence-corrected chi connectivity index (χ4v) is 2.83. The van der Waals surface area contributed by atoms with Gasteiger partial charge >= 0.3 is 0 Å². The molecule has 0 unspecified atom stereocenters. The summed E-state index contributed by atoms with van der Waals surface area (Å²) in [7, 11) is 3.75. The lowest BCUT2D eigenvalue weighted by molar-refractivity contribution is -0.134. The number of aromatic nitrogens is 1. The number of aliphatic hydroxyl groups is 1. The van der Waals surface area contributed by atoms with Gasteiger partial charge in [0.25, 0.3) is 5.91 Å². The number of nitrogens with zero attached hydrogens (tertiary/aromatic N) is 2. The van der Waals surface area contributed by atoms with E-state index in [1.165, 1.54) is 0 Å². The summed E-state index contributed by atoms with van der Waals surface area (Å²) in [5, 5.41) is 10.8. The number of aliphatic hydroxyl groups excluding tert-OH is 1. The van der Waals surface area contributed by atoms with E-state index in [9.17, 15) is 9.90 Å². The lowest BCUT2D eigenvalue weighted by Gasteiger charge is -2.18. The second kappa shape index (κ2) is 3.85. The lowest BCUT2D eigenvalue weighted by Crippen LogP contribution is -2.26. The Kier molecular flexibility index (Phi) is 2.41. The van der Waals surface area contributed by atoms with E-state index < -0.39 is 6.10 Å². The normalized spacial score (nSPS) is 24.2. The Balaban J connectivity index is 2.13. The summed E-state index contributed by atoms with van der Waals surface area (Å²) in [6.45, 7) is 0. The number of likely N-dealkylation sites (N-methyl/N-ethyl adjacent to an activating group) is 1. The van der Waals surface area contributed by atoms with Crippen LogP contribution in [0.3, 0.4) is 0 Å². The first kappa shape index (κ1) is 11.3. The fraction of sp³-hybridized carbons (Fsp3) is 0.357. The molecule has 0 aliphatic carbocycles. The van der Waals surface area contributed by atoms with Crippen LogP contribution in [0.4, 0.5) is 0 Å². The van der Waals surface area contributed by atoms with Gasteiger partial charge in [-0.15, -0.1) is 0 Å². The van der Waals surface area contributed by atoms with Gasteiger partial charge < -0.3 is 14.6 Å². The van der Waals surface area contributed by atoms with Crippen molar-refractivity contribution in [2.75, 3.05) is 7.05 Å². The molecule has 2 aromatic rings. The van der Waals surface area contributed by atoms with Crippen LogP contribution in [0.5, 0.6) is 0 Å². The number of rotatable bonds is 1. The van der Waals surface area contributed by atoms with Crippen LogP contribution in [0.15, 0.2) is 30.5 Å². The van der Waals surface area contributed by atoms with Gasteiger partial charge in [-0.3, -0.25) is 4.79 Å². The minimum absolute atomic E-state index is 0.0291. The van der Waals surface area contributed by atoms with Crippen molar-refractivity contribution in [1.29, 1.82) is 0 Å². The predicted molar refractivity (Wildman–Crippen MR) is 69.1 cm³/mol. The van der Waals surface area contributed by atoms with Crippen LogP contribution in [-0.4, -0.2) is 33.6 Å². The topological polar surface area (TPSA) is 45.5 Å². The zero-order valence-electron chi connectivity index (χ0n) is 10.5. The quantitative estimate of drug-likeness (QED) is 0.825. The van der Waals surface area contributed by atoms with Crippen LogP contribution in [0.2, 0.25) is 0 Å². The number of benzene rings is 1. The molecule has 1 fully saturated rings. The third-order valence-electron chi connectivity index (χ3n) is 3.83. The number of carbonyl (C=O) groups excluding carboxylic acids is 1. The number of carbonyl (C=O) groups is 1. The van der Waals surface area contributed by atoms with E-state index in [2.05, 4.69) is 22.9 Å². The van der Waals surface area contributed by atoms with Gasteiger partial charge in [-0.1, -0.05) is 18.2 Å². The highest BCUT2D eigenvalue weighted by molar-refractivity contribution is 5.88. The molecule has 1 aliphatic heterocycles. The third-order valence-corrected chi connectivity index (χ3v) is 3.83. The van der Waals surface area contributed by atoms with Crippen LogP contribution in [-0.2, 0) is 11.8 Å². The molecule has 3 rings (SSSR count).